The quantitative estimate of drug-likeness (QED) is 0.518. The smallest absolute Gasteiger partial charge is 0.193 e. The van der Waals surface area contributed by atoms with Crippen LogP contribution in [-0.4, -0.2) is 87.0 Å². The number of piperidine rings is 1. The molecule has 1 atom stereocenters. The first kappa shape index (κ1) is 20.9. The summed E-state index contributed by atoms with van der Waals surface area (Å²) in [7, 11) is 2.26. The third-order valence-electron chi connectivity index (χ3n) is 6.28. The molecule has 3 fully saturated rings. The number of ether oxygens (including phenoxy) is 2. The molecule has 2 aliphatic heterocycles. The SMILES string of the molecule is CCNC(=NCCN(C)C1CCCC1)N1CCC(OCC2CCCO2)CC1. The summed E-state index contributed by atoms with van der Waals surface area (Å²) >= 11 is 0. The molecule has 1 unspecified atom stereocenters. The van der Waals surface area contributed by atoms with Gasteiger partial charge in [-0.15, -0.1) is 0 Å². The molecule has 6 nitrogen and oxygen atoms in total. The number of nitrogens with zero attached hydrogens (tertiary/aromatic N) is 3. The maximum Gasteiger partial charge on any atom is 0.193 e. The molecule has 3 aliphatic rings. The molecule has 0 bridgehead atoms. The highest BCUT2D eigenvalue weighted by atomic mass is 16.5. The summed E-state index contributed by atoms with van der Waals surface area (Å²) in [6, 6.07) is 0.777. The molecule has 0 radical (unpaired) electrons. The molecule has 0 aromatic rings. The first-order valence-corrected chi connectivity index (χ1v) is 11.2. The minimum Gasteiger partial charge on any atom is -0.376 e. The molecule has 0 aromatic carbocycles. The second-order valence-electron chi connectivity index (χ2n) is 8.31. The average molecular weight is 381 g/mol. The summed E-state index contributed by atoms with van der Waals surface area (Å²) in [6.07, 6.45) is 10.7. The van der Waals surface area contributed by atoms with Crippen molar-refractivity contribution in [1.29, 1.82) is 0 Å². The molecular weight excluding hydrogens is 340 g/mol. The molecule has 156 valence electrons. The van der Waals surface area contributed by atoms with Gasteiger partial charge in [-0.25, -0.2) is 0 Å². The summed E-state index contributed by atoms with van der Waals surface area (Å²) in [5.41, 5.74) is 0. The summed E-state index contributed by atoms with van der Waals surface area (Å²) in [5, 5.41) is 3.48. The number of hydrogen-bond acceptors (Lipinski definition) is 4. The van der Waals surface area contributed by atoms with Gasteiger partial charge in [0.05, 0.1) is 25.4 Å². The minimum atomic E-state index is 0.332. The standard InChI is InChI=1S/C21H40N4O2/c1-3-22-21(23-12-15-24(2)18-7-4-5-8-18)25-13-10-19(11-14-25)27-17-20-9-6-16-26-20/h18-20H,3-17H2,1-2H3,(H,22,23). The molecule has 0 aromatic heterocycles. The first-order valence-electron chi connectivity index (χ1n) is 11.2. The van der Waals surface area contributed by atoms with Crippen LogP contribution in [0, 0.1) is 0 Å². The molecule has 27 heavy (non-hydrogen) atoms. The number of hydrogen-bond donors (Lipinski definition) is 1. The Morgan fingerprint density at radius 1 is 1.15 bits per heavy atom. The van der Waals surface area contributed by atoms with Crippen molar-refractivity contribution in [2.45, 2.75) is 76.5 Å². The Hall–Kier alpha value is -0.850. The van der Waals surface area contributed by atoms with Gasteiger partial charge in [-0.05, 0) is 52.5 Å². The lowest BCUT2D eigenvalue weighted by Crippen LogP contribution is -2.47. The van der Waals surface area contributed by atoms with Gasteiger partial charge in [0.2, 0.25) is 0 Å². The predicted molar refractivity (Wildman–Crippen MR) is 110 cm³/mol. The van der Waals surface area contributed by atoms with Crippen molar-refractivity contribution in [3.63, 3.8) is 0 Å². The van der Waals surface area contributed by atoms with Gasteiger partial charge in [0, 0.05) is 38.8 Å². The minimum absolute atomic E-state index is 0.332. The van der Waals surface area contributed by atoms with Crippen LogP contribution in [0.3, 0.4) is 0 Å². The van der Waals surface area contributed by atoms with E-state index in [2.05, 4.69) is 29.1 Å². The molecule has 0 amide bonds. The maximum absolute atomic E-state index is 6.11. The second kappa shape index (κ2) is 11.2. The van der Waals surface area contributed by atoms with Crippen molar-refractivity contribution in [3.8, 4) is 0 Å². The molecule has 2 heterocycles. The first-order chi connectivity index (χ1) is 13.3. The van der Waals surface area contributed by atoms with Gasteiger partial charge in [-0.1, -0.05) is 12.8 Å². The highest BCUT2D eigenvalue weighted by Crippen LogP contribution is 2.22. The van der Waals surface area contributed by atoms with Crippen LogP contribution in [-0.2, 0) is 9.47 Å². The number of nitrogens with one attached hydrogen (secondary N) is 1. The zero-order valence-corrected chi connectivity index (χ0v) is 17.5. The summed E-state index contributed by atoms with van der Waals surface area (Å²) in [4.78, 5) is 9.82. The fourth-order valence-electron chi connectivity index (χ4n) is 4.52. The van der Waals surface area contributed by atoms with Crippen LogP contribution in [0.1, 0.15) is 58.3 Å². The third kappa shape index (κ3) is 6.61. The van der Waals surface area contributed by atoms with Crippen LogP contribution < -0.4 is 5.32 Å². The molecule has 2 saturated heterocycles. The molecule has 0 spiro atoms. The molecule has 3 rings (SSSR count). The van der Waals surface area contributed by atoms with Gasteiger partial charge in [0.15, 0.2) is 5.96 Å². The Balaban J connectivity index is 1.38. The lowest BCUT2D eigenvalue weighted by molar-refractivity contribution is -0.0367. The van der Waals surface area contributed by atoms with E-state index in [0.717, 1.165) is 77.2 Å². The van der Waals surface area contributed by atoms with E-state index in [1.165, 1.54) is 32.1 Å². The van der Waals surface area contributed by atoms with E-state index in [-0.39, 0.29) is 0 Å². The molecule has 1 aliphatic carbocycles. The lowest BCUT2D eigenvalue weighted by Gasteiger charge is -2.34. The van der Waals surface area contributed by atoms with Crippen LogP contribution in [0.4, 0.5) is 0 Å². The van der Waals surface area contributed by atoms with E-state index < -0.39 is 0 Å². The predicted octanol–water partition coefficient (Wildman–Crippen LogP) is 2.49. The van der Waals surface area contributed by atoms with Gasteiger partial charge in [-0.2, -0.15) is 0 Å². The van der Waals surface area contributed by atoms with Crippen molar-refractivity contribution >= 4 is 5.96 Å². The zero-order valence-electron chi connectivity index (χ0n) is 17.5. The molecule has 1 N–H and O–H groups in total. The normalized spacial score (nSPS) is 25.7. The van der Waals surface area contributed by atoms with E-state index >= 15 is 0 Å². The van der Waals surface area contributed by atoms with E-state index in [1.807, 2.05) is 0 Å². The Labute approximate surface area is 165 Å². The van der Waals surface area contributed by atoms with Gasteiger partial charge < -0.3 is 24.6 Å². The van der Waals surface area contributed by atoms with Crippen LogP contribution >= 0.6 is 0 Å². The summed E-state index contributed by atoms with van der Waals surface area (Å²) in [6.45, 7) is 8.74. The van der Waals surface area contributed by atoms with E-state index in [9.17, 15) is 0 Å². The average Bonchev–Trinajstić information content (AvgIpc) is 3.40. The number of likely N-dealkylation sites (tertiary alicyclic amines) is 1. The zero-order chi connectivity index (χ0) is 18.9. The molecular formula is C21H40N4O2. The fraction of sp³-hybridized carbons (Fsp3) is 0.952. The van der Waals surface area contributed by atoms with Crippen LogP contribution in [0.2, 0.25) is 0 Å². The maximum atomic E-state index is 6.11. The molecule has 1 saturated carbocycles. The van der Waals surface area contributed by atoms with E-state index in [1.54, 1.807) is 0 Å². The summed E-state index contributed by atoms with van der Waals surface area (Å²) in [5.74, 6) is 1.08. The second-order valence-corrected chi connectivity index (χ2v) is 8.31. The van der Waals surface area contributed by atoms with Gasteiger partial charge in [-0.3, -0.25) is 4.99 Å². The Morgan fingerprint density at radius 2 is 1.93 bits per heavy atom. The lowest BCUT2D eigenvalue weighted by atomic mass is 10.1. The van der Waals surface area contributed by atoms with Crippen molar-refractivity contribution < 1.29 is 9.47 Å². The summed E-state index contributed by atoms with van der Waals surface area (Å²) < 4.78 is 11.8. The molecule has 6 heteroatoms. The van der Waals surface area contributed by atoms with E-state index in [0.29, 0.717) is 12.2 Å². The Bertz CT molecular complexity index is 439. The van der Waals surface area contributed by atoms with Crippen LogP contribution in [0.25, 0.3) is 0 Å². The van der Waals surface area contributed by atoms with E-state index in [4.69, 9.17) is 14.5 Å². The van der Waals surface area contributed by atoms with Crippen molar-refractivity contribution in [2.24, 2.45) is 4.99 Å². The van der Waals surface area contributed by atoms with Gasteiger partial charge in [0.25, 0.3) is 0 Å². The fourth-order valence-corrected chi connectivity index (χ4v) is 4.52. The highest BCUT2D eigenvalue weighted by molar-refractivity contribution is 5.80. The highest BCUT2D eigenvalue weighted by Gasteiger charge is 2.24. The third-order valence-corrected chi connectivity index (χ3v) is 6.28. The topological polar surface area (TPSA) is 49.3 Å². The number of rotatable bonds is 8. The van der Waals surface area contributed by atoms with Crippen LogP contribution in [0.15, 0.2) is 4.99 Å². The monoisotopic (exact) mass is 380 g/mol. The number of likely N-dealkylation sites (N-methyl/N-ethyl adjacent to an activating group) is 1. The number of aliphatic imine (C=N–C) groups is 1. The van der Waals surface area contributed by atoms with Crippen molar-refractivity contribution in [1.82, 2.24) is 15.1 Å². The van der Waals surface area contributed by atoms with Gasteiger partial charge >= 0.3 is 0 Å². The number of guanidine groups is 1. The van der Waals surface area contributed by atoms with Crippen molar-refractivity contribution in [2.75, 3.05) is 53.0 Å². The van der Waals surface area contributed by atoms with Crippen molar-refractivity contribution in [3.05, 3.63) is 0 Å². The Kier molecular flexibility index (Phi) is 8.68. The van der Waals surface area contributed by atoms with Gasteiger partial charge in [0.1, 0.15) is 0 Å². The Morgan fingerprint density at radius 3 is 2.59 bits per heavy atom. The largest absolute Gasteiger partial charge is 0.376 e. The van der Waals surface area contributed by atoms with Crippen LogP contribution in [0.5, 0.6) is 0 Å².